The standard InChI is InChI=1S/2C5H8O2.2C4H8O.2BrH.Fe.Mg/c2*1-4(6)3-5(2)7;2*1-2-4-5-3-1;;;;/h2*3,6H,1-2H3;2*1-4H2;2*1H;;/q;;;;;;2*+2/p-4/b2*4-3-;;;;;;. The molecule has 0 spiro atoms. The van der Waals surface area contributed by atoms with Crippen LogP contribution in [0.3, 0.4) is 0 Å². The molecule has 2 aliphatic heterocycles. The van der Waals surface area contributed by atoms with Gasteiger partial charge in [0, 0.05) is 26.4 Å². The average molecular weight is 582 g/mol. The Morgan fingerprint density at radius 2 is 0.893 bits per heavy atom. The zero-order valence-electron chi connectivity index (χ0n) is 17.1. The third-order valence-electron chi connectivity index (χ3n) is 2.47. The van der Waals surface area contributed by atoms with Crippen LogP contribution >= 0.6 is 0 Å². The molecule has 10 heteroatoms. The number of rotatable bonds is 2. The average Bonchev–Trinajstić information content (AvgIpc) is 3.16. The van der Waals surface area contributed by atoms with Crippen molar-refractivity contribution in [1.29, 1.82) is 0 Å². The summed E-state index contributed by atoms with van der Waals surface area (Å²) < 4.78 is 9.89. The van der Waals surface area contributed by atoms with Gasteiger partial charge in [-0.3, -0.25) is 9.59 Å². The minimum Gasteiger partial charge on any atom is -1.00 e. The van der Waals surface area contributed by atoms with Gasteiger partial charge in [-0.05, 0) is 51.7 Å². The zero-order valence-corrected chi connectivity index (χ0v) is 22.8. The van der Waals surface area contributed by atoms with Gasteiger partial charge in [-0.15, -0.1) is 11.5 Å². The van der Waals surface area contributed by atoms with Crippen LogP contribution in [0, 0.1) is 0 Å². The molecule has 28 heavy (non-hydrogen) atoms. The minimum atomic E-state index is -0.187. The third-order valence-corrected chi connectivity index (χ3v) is 2.47. The molecule has 0 radical (unpaired) electrons. The van der Waals surface area contributed by atoms with E-state index in [1.54, 1.807) is 0 Å². The van der Waals surface area contributed by atoms with Crippen molar-refractivity contribution < 1.29 is 80.3 Å². The van der Waals surface area contributed by atoms with Gasteiger partial charge in [-0.1, -0.05) is 13.8 Å². The molecule has 0 saturated carbocycles. The number of halogens is 2. The van der Waals surface area contributed by atoms with Gasteiger partial charge in [0.1, 0.15) is 0 Å². The minimum absolute atomic E-state index is 0. The number of allylic oxidation sites excluding steroid dienone is 4. The molecule has 6 nitrogen and oxygen atoms in total. The Kier molecular flexibility index (Phi) is 49.1. The Morgan fingerprint density at radius 1 is 0.679 bits per heavy atom. The predicted octanol–water partition coefficient (Wildman–Crippen LogP) is -5.10. The number of carbonyl (C=O) groups excluding carboxylic acids is 2. The molecule has 0 aliphatic carbocycles. The maximum absolute atomic E-state index is 9.98. The van der Waals surface area contributed by atoms with Gasteiger partial charge in [-0.25, -0.2) is 0 Å². The molecule has 0 unspecified atom stereocenters. The number of carbonyl (C=O) groups is 2. The van der Waals surface area contributed by atoms with Crippen LogP contribution in [0.15, 0.2) is 23.7 Å². The molecular formula is C18H30Br2FeMgO6. The van der Waals surface area contributed by atoms with Crippen molar-refractivity contribution in [3.05, 3.63) is 23.7 Å². The van der Waals surface area contributed by atoms with Crippen molar-refractivity contribution >= 4 is 34.6 Å². The molecule has 0 atom stereocenters. The molecule has 0 amide bonds. The van der Waals surface area contributed by atoms with E-state index in [9.17, 15) is 19.8 Å². The fourth-order valence-corrected chi connectivity index (χ4v) is 1.59. The first-order valence-corrected chi connectivity index (χ1v) is 8.13. The van der Waals surface area contributed by atoms with E-state index in [0.717, 1.165) is 38.6 Å². The molecular weight excluding hydrogens is 552 g/mol. The number of hydrogen-bond donors (Lipinski definition) is 0. The molecule has 2 heterocycles. The number of hydrogen-bond acceptors (Lipinski definition) is 6. The summed E-state index contributed by atoms with van der Waals surface area (Å²) in [6.45, 7) is 9.39. The Morgan fingerprint density at radius 3 is 0.929 bits per heavy atom. The summed E-state index contributed by atoms with van der Waals surface area (Å²) in [6, 6.07) is 0. The molecule has 2 rings (SSSR count). The second kappa shape index (κ2) is 32.3. The van der Waals surface area contributed by atoms with Crippen LogP contribution < -0.4 is 44.2 Å². The second-order valence-corrected chi connectivity index (χ2v) is 5.37. The molecule has 2 saturated heterocycles. The van der Waals surface area contributed by atoms with E-state index in [1.807, 2.05) is 0 Å². The first kappa shape index (κ1) is 42.6. The molecule has 162 valence electrons. The van der Waals surface area contributed by atoms with Crippen molar-refractivity contribution in [2.24, 2.45) is 0 Å². The molecule has 0 bridgehead atoms. The van der Waals surface area contributed by atoms with Crippen LogP contribution in [0.25, 0.3) is 0 Å². The summed E-state index contributed by atoms with van der Waals surface area (Å²) in [6.07, 6.45) is 7.22. The Balaban J connectivity index is -0.0000000553. The van der Waals surface area contributed by atoms with Crippen LogP contribution in [-0.4, -0.2) is 61.0 Å². The normalized spacial score (nSPS) is 14.3. The van der Waals surface area contributed by atoms with Gasteiger partial charge in [0.25, 0.3) is 0 Å². The Labute approximate surface area is 217 Å². The van der Waals surface area contributed by atoms with Gasteiger partial charge in [-0.2, -0.15) is 0 Å². The summed E-state index contributed by atoms with van der Waals surface area (Å²) in [4.78, 5) is 20.0. The van der Waals surface area contributed by atoms with Crippen molar-refractivity contribution in [2.45, 2.75) is 53.4 Å². The van der Waals surface area contributed by atoms with Gasteiger partial charge in [0.2, 0.25) is 0 Å². The number of ether oxygens (including phenoxy) is 2. The van der Waals surface area contributed by atoms with Crippen molar-refractivity contribution in [3.8, 4) is 0 Å². The monoisotopic (exact) mass is 580 g/mol. The van der Waals surface area contributed by atoms with Gasteiger partial charge in [0.15, 0.2) is 11.6 Å². The van der Waals surface area contributed by atoms with E-state index >= 15 is 0 Å². The molecule has 0 N–H and O–H groups in total. The maximum Gasteiger partial charge on any atom is 2.00 e. The fourth-order valence-electron chi connectivity index (χ4n) is 1.59. The molecule has 2 aliphatic rings. The molecule has 0 aromatic heterocycles. The van der Waals surface area contributed by atoms with Crippen molar-refractivity contribution in [2.75, 3.05) is 26.4 Å². The van der Waals surface area contributed by atoms with E-state index < -0.39 is 0 Å². The fraction of sp³-hybridized carbons (Fsp3) is 0.667. The van der Waals surface area contributed by atoms with Crippen LogP contribution in [0.1, 0.15) is 53.4 Å². The quantitative estimate of drug-likeness (QED) is 0.184. The topological polar surface area (TPSA) is 98.7 Å². The van der Waals surface area contributed by atoms with Gasteiger partial charge in [0.05, 0.1) is 0 Å². The molecule has 0 aromatic carbocycles. The largest absolute Gasteiger partial charge is 2.00 e. The Hall–Kier alpha value is 0.586. The van der Waals surface area contributed by atoms with Gasteiger partial charge < -0.3 is 53.6 Å². The summed E-state index contributed by atoms with van der Waals surface area (Å²) in [5, 5.41) is 20.0. The number of ketones is 2. The van der Waals surface area contributed by atoms with E-state index in [-0.39, 0.29) is 97.2 Å². The smallest absolute Gasteiger partial charge is 1.00 e. The molecule has 2 fully saturated rings. The van der Waals surface area contributed by atoms with E-state index in [4.69, 9.17) is 9.47 Å². The van der Waals surface area contributed by atoms with Crippen molar-refractivity contribution in [3.63, 3.8) is 0 Å². The maximum atomic E-state index is 9.98. The third kappa shape index (κ3) is 50.4. The van der Waals surface area contributed by atoms with E-state index in [1.165, 1.54) is 53.4 Å². The molecule has 0 aromatic rings. The van der Waals surface area contributed by atoms with Crippen LogP contribution in [-0.2, 0) is 36.1 Å². The van der Waals surface area contributed by atoms with Crippen LogP contribution in [0.5, 0.6) is 0 Å². The van der Waals surface area contributed by atoms with Gasteiger partial charge >= 0.3 is 40.1 Å². The first-order chi connectivity index (χ1) is 11.3. The zero-order chi connectivity index (χ0) is 18.8. The van der Waals surface area contributed by atoms with E-state index in [0.29, 0.717) is 0 Å². The van der Waals surface area contributed by atoms with Crippen LogP contribution in [0.4, 0.5) is 0 Å². The summed E-state index contributed by atoms with van der Waals surface area (Å²) in [5.74, 6) is -0.750. The summed E-state index contributed by atoms with van der Waals surface area (Å²) >= 11 is 0. The van der Waals surface area contributed by atoms with Crippen LogP contribution in [0.2, 0.25) is 0 Å². The van der Waals surface area contributed by atoms with Crippen molar-refractivity contribution in [1.82, 2.24) is 0 Å². The van der Waals surface area contributed by atoms with E-state index in [2.05, 4.69) is 0 Å². The second-order valence-electron chi connectivity index (χ2n) is 5.37. The SMILES string of the molecule is C1CCOC1.C1CCOC1.CC(=O)/C=C(/C)[O-].CC(=O)/C=C(/C)[O-].[Br-].[Br-].[Fe+2].[Mg+2]. The Bertz CT molecular complexity index is 352. The summed E-state index contributed by atoms with van der Waals surface area (Å²) in [5.41, 5.74) is 0. The first-order valence-electron chi connectivity index (χ1n) is 8.13. The summed E-state index contributed by atoms with van der Waals surface area (Å²) in [7, 11) is 0. The predicted molar refractivity (Wildman–Crippen MR) is 94.7 cm³/mol.